The SMILES string of the molecule is CC(=O)c1ccccc1OCCSc1cccc(N)c1C. The number of para-hydroxylation sites is 1. The van der Waals surface area contributed by atoms with Crippen LogP contribution in [0.3, 0.4) is 0 Å². The van der Waals surface area contributed by atoms with Gasteiger partial charge in [-0.25, -0.2) is 0 Å². The molecule has 0 saturated carbocycles. The normalized spacial score (nSPS) is 10.4. The largest absolute Gasteiger partial charge is 0.492 e. The Balaban J connectivity index is 1.91. The summed E-state index contributed by atoms with van der Waals surface area (Å²) >= 11 is 1.70. The maximum Gasteiger partial charge on any atom is 0.163 e. The van der Waals surface area contributed by atoms with Crippen LogP contribution in [0.5, 0.6) is 5.75 Å². The molecule has 2 rings (SSSR count). The van der Waals surface area contributed by atoms with Crippen molar-refractivity contribution in [1.82, 2.24) is 0 Å². The average molecular weight is 301 g/mol. The maximum atomic E-state index is 11.5. The zero-order valence-corrected chi connectivity index (χ0v) is 13.1. The summed E-state index contributed by atoms with van der Waals surface area (Å²) in [7, 11) is 0. The van der Waals surface area contributed by atoms with Gasteiger partial charge in [0, 0.05) is 16.3 Å². The molecule has 2 aromatic carbocycles. The van der Waals surface area contributed by atoms with E-state index in [4.69, 9.17) is 10.5 Å². The molecule has 0 heterocycles. The Morgan fingerprint density at radius 3 is 2.71 bits per heavy atom. The maximum absolute atomic E-state index is 11.5. The lowest BCUT2D eigenvalue weighted by molar-refractivity contribution is 0.101. The van der Waals surface area contributed by atoms with Gasteiger partial charge in [-0.15, -0.1) is 11.8 Å². The molecule has 2 aromatic rings. The number of anilines is 1. The third-order valence-electron chi connectivity index (χ3n) is 3.19. The summed E-state index contributed by atoms with van der Waals surface area (Å²) in [5, 5.41) is 0. The van der Waals surface area contributed by atoms with Gasteiger partial charge in [-0.3, -0.25) is 4.79 Å². The van der Waals surface area contributed by atoms with Gasteiger partial charge in [0.05, 0.1) is 12.2 Å². The van der Waals surface area contributed by atoms with Gasteiger partial charge >= 0.3 is 0 Å². The zero-order valence-electron chi connectivity index (χ0n) is 12.3. The van der Waals surface area contributed by atoms with Gasteiger partial charge in [-0.1, -0.05) is 18.2 Å². The fourth-order valence-electron chi connectivity index (χ4n) is 1.97. The molecule has 4 heteroatoms. The molecule has 0 aliphatic rings. The van der Waals surface area contributed by atoms with Crippen LogP contribution in [-0.4, -0.2) is 18.1 Å². The minimum atomic E-state index is 0.0185. The van der Waals surface area contributed by atoms with Crippen LogP contribution in [0, 0.1) is 6.92 Å². The van der Waals surface area contributed by atoms with Crippen LogP contribution in [0.4, 0.5) is 5.69 Å². The number of nitrogen functional groups attached to an aromatic ring is 1. The van der Waals surface area contributed by atoms with E-state index in [2.05, 4.69) is 6.07 Å². The number of benzene rings is 2. The van der Waals surface area contributed by atoms with E-state index in [1.807, 2.05) is 37.3 Å². The molecule has 0 aliphatic heterocycles. The Morgan fingerprint density at radius 2 is 1.95 bits per heavy atom. The summed E-state index contributed by atoms with van der Waals surface area (Å²) in [6.07, 6.45) is 0. The summed E-state index contributed by atoms with van der Waals surface area (Å²) < 4.78 is 5.72. The first-order valence-corrected chi connectivity index (χ1v) is 7.79. The predicted molar refractivity (Wildman–Crippen MR) is 88.3 cm³/mol. The third-order valence-corrected chi connectivity index (χ3v) is 4.31. The van der Waals surface area contributed by atoms with Crippen molar-refractivity contribution >= 4 is 23.2 Å². The fourth-order valence-corrected chi connectivity index (χ4v) is 2.87. The van der Waals surface area contributed by atoms with E-state index in [0.29, 0.717) is 17.9 Å². The van der Waals surface area contributed by atoms with Gasteiger partial charge < -0.3 is 10.5 Å². The van der Waals surface area contributed by atoms with Crippen molar-refractivity contribution in [1.29, 1.82) is 0 Å². The second kappa shape index (κ2) is 7.18. The van der Waals surface area contributed by atoms with Gasteiger partial charge in [-0.05, 0) is 43.7 Å². The number of carbonyl (C=O) groups is 1. The van der Waals surface area contributed by atoms with Gasteiger partial charge in [0.1, 0.15) is 5.75 Å². The lowest BCUT2D eigenvalue weighted by Crippen LogP contribution is -2.04. The van der Waals surface area contributed by atoms with Gasteiger partial charge in [0.15, 0.2) is 5.78 Å². The highest BCUT2D eigenvalue weighted by atomic mass is 32.2. The quantitative estimate of drug-likeness (QED) is 0.380. The van der Waals surface area contributed by atoms with E-state index >= 15 is 0 Å². The van der Waals surface area contributed by atoms with E-state index < -0.39 is 0 Å². The molecule has 21 heavy (non-hydrogen) atoms. The van der Waals surface area contributed by atoms with Crippen LogP contribution in [0.1, 0.15) is 22.8 Å². The summed E-state index contributed by atoms with van der Waals surface area (Å²) in [5.74, 6) is 1.47. The lowest BCUT2D eigenvalue weighted by Gasteiger charge is -2.11. The highest BCUT2D eigenvalue weighted by molar-refractivity contribution is 7.99. The molecule has 2 N–H and O–H groups in total. The van der Waals surface area contributed by atoms with Crippen molar-refractivity contribution in [3.63, 3.8) is 0 Å². The monoisotopic (exact) mass is 301 g/mol. The van der Waals surface area contributed by atoms with Crippen molar-refractivity contribution in [2.45, 2.75) is 18.7 Å². The summed E-state index contributed by atoms with van der Waals surface area (Å²) in [5.41, 5.74) is 8.43. The van der Waals surface area contributed by atoms with E-state index in [9.17, 15) is 4.79 Å². The van der Waals surface area contributed by atoms with Crippen molar-refractivity contribution in [2.75, 3.05) is 18.1 Å². The first-order valence-electron chi connectivity index (χ1n) is 6.80. The molecule has 0 amide bonds. The number of thioether (sulfide) groups is 1. The number of nitrogens with two attached hydrogens (primary N) is 1. The van der Waals surface area contributed by atoms with E-state index in [-0.39, 0.29) is 5.78 Å². The summed E-state index contributed by atoms with van der Waals surface area (Å²) in [4.78, 5) is 12.7. The van der Waals surface area contributed by atoms with Crippen molar-refractivity contribution < 1.29 is 9.53 Å². The van der Waals surface area contributed by atoms with Gasteiger partial charge in [0.2, 0.25) is 0 Å². The Hall–Kier alpha value is -1.94. The summed E-state index contributed by atoms with van der Waals surface area (Å²) in [6.45, 7) is 4.11. The van der Waals surface area contributed by atoms with E-state index in [1.165, 1.54) is 4.90 Å². The molecule has 0 spiro atoms. The first kappa shape index (κ1) is 15.4. The molecule has 3 nitrogen and oxygen atoms in total. The molecule has 0 atom stereocenters. The highest BCUT2D eigenvalue weighted by Crippen LogP contribution is 2.26. The van der Waals surface area contributed by atoms with E-state index in [1.54, 1.807) is 24.8 Å². The fraction of sp³-hybridized carbons (Fsp3) is 0.235. The number of ether oxygens (including phenoxy) is 1. The van der Waals surface area contributed by atoms with E-state index in [0.717, 1.165) is 17.0 Å². The molecule has 0 fully saturated rings. The highest BCUT2D eigenvalue weighted by Gasteiger charge is 2.07. The second-order valence-electron chi connectivity index (χ2n) is 4.72. The molecule has 0 radical (unpaired) electrons. The van der Waals surface area contributed by atoms with Crippen molar-refractivity contribution in [3.8, 4) is 5.75 Å². The van der Waals surface area contributed by atoms with Crippen molar-refractivity contribution in [3.05, 3.63) is 53.6 Å². The molecule has 0 aliphatic carbocycles. The van der Waals surface area contributed by atoms with Crippen molar-refractivity contribution in [2.24, 2.45) is 0 Å². The standard InChI is InChI=1S/C17H19NO2S/c1-12-15(18)7-5-9-17(12)21-11-10-20-16-8-4-3-6-14(16)13(2)19/h3-9H,10-11,18H2,1-2H3. The Kier molecular flexibility index (Phi) is 5.28. The number of ketones is 1. The minimum Gasteiger partial charge on any atom is -0.492 e. The number of hydrogen-bond acceptors (Lipinski definition) is 4. The smallest absolute Gasteiger partial charge is 0.163 e. The topological polar surface area (TPSA) is 52.3 Å². The van der Waals surface area contributed by atoms with Crippen LogP contribution < -0.4 is 10.5 Å². The van der Waals surface area contributed by atoms with Crippen LogP contribution >= 0.6 is 11.8 Å². The Morgan fingerprint density at radius 1 is 1.19 bits per heavy atom. The molecule has 0 unspecified atom stereocenters. The minimum absolute atomic E-state index is 0.0185. The molecule has 0 bridgehead atoms. The molecular formula is C17H19NO2S. The lowest BCUT2D eigenvalue weighted by atomic mass is 10.1. The summed E-state index contributed by atoms with van der Waals surface area (Å²) in [6, 6.07) is 13.2. The third kappa shape index (κ3) is 4.02. The first-order chi connectivity index (χ1) is 10.1. The molecule has 110 valence electrons. The Bertz CT molecular complexity index is 640. The second-order valence-corrected chi connectivity index (χ2v) is 5.86. The van der Waals surface area contributed by atoms with Crippen LogP contribution in [-0.2, 0) is 0 Å². The molecular weight excluding hydrogens is 282 g/mol. The number of Topliss-reactive ketones (excluding diaryl/α,β-unsaturated/α-hetero) is 1. The average Bonchev–Trinajstić information content (AvgIpc) is 2.48. The zero-order chi connectivity index (χ0) is 15.2. The number of rotatable bonds is 6. The number of hydrogen-bond donors (Lipinski definition) is 1. The van der Waals surface area contributed by atoms with Gasteiger partial charge in [-0.2, -0.15) is 0 Å². The van der Waals surface area contributed by atoms with Crippen LogP contribution in [0.25, 0.3) is 0 Å². The Labute approximate surface area is 129 Å². The number of carbonyl (C=O) groups excluding carboxylic acids is 1. The van der Waals surface area contributed by atoms with Crippen LogP contribution in [0.2, 0.25) is 0 Å². The molecule has 0 saturated heterocycles. The van der Waals surface area contributed by atoms with Gasteiger partial charge in [0.25, 0.3) is 0 Å². The van der Waals surface area contributed by atoms with Crippen LogP contribution in [0.15, 0.2) is 47.4 Å². The molecule has 0 aromatic heterocycles. The predicted octanol–water partition coefficient (Wildman–Crippen LogP) is 3.95.